The predicted octanol–water partition coefficient (Wildman–Crippen LogP) is 0.200. The van der Waals surface area contributed by atoms with Crippen molar-refractivity contribution in [2.45, 2.75) is 0 Å². The van der Waals surface area contributed by atoms with Gasteiger partial charge >= 0.3 is 6.03 Å². The number of primary amides is 2. The van der Waals surface area contributed by atoms with Gasteiger partial charge in [0.1, 0.15) is 0 Å². The van der Waals surface area contributed by atoms with Crippen LogP contribution in [-0.2, 0) is 0 Å². The Balaban J connectivity index is 0. The second-order valence-electron chi connectivity index (χ2n) is 1.29. The van der Waals surface area contributed by atoms with Gasteiger partial charge in [-0.2, -0.15) is 0 Å². The SMILES string of the molecule is N.NC(N)=O.c1cc[nH]c1. The fourth-order valence-corrected chi connectivity index (χ4v) is 0.278. The van der Waals surface area contributed by atoms with E-state index >= 15 is 0 Å². The van der Waals surface area contributed by atoms with E-state index < -0.39 is 6.03 Å². The maximum Gasteiger partial charge on any atom is 0.309 e. The Morgan fingerprint density at radius 3 is 1.60 bits per heavy atom. The summed E-state index contributed by atoms with van der Waals surface area (Å²) in [5.74, 6) is 0. The molecule has 0 atom stereocenters. The number of carbonyl (C=O) groups excluding carboxylic acids is 1. The minimum absolute atomic E-state index is 0. The van der Waals surface area contributed by atoms with E-state index in [0.29, 0.717) is 0 Å². The molecule has 10 heavy (non-hydrogen) atoms. The molecule has 0 aromatic carbocycles. The van der Waals surface area contributed by atoms with Crippen LogP contribution in [0.3, 0.4) is 0 Å². The molecule has 8 N–H and O–H groups in total. The molecule has 5 heteroatoms. The molecule has 0 bridgehead atoms. The van der Waals surface area contributed by atoms with Crippen molar-refractivity contribution in [1.29, 1.82) is 0 Å². The minimum Gasteiger partial charge on any atom is -0.368 e. The highest BCUT2D eigenvalue weighted by Gasteiger charge is 1.60. The summed E-state index contributed by atoms with van der Waals surface area (Å²) in [5.41, 5.74) is 8.50. The molecule has 0 aliphatic rings. The van der Waals surface area contributed by atoms with Gasteiger partial charge in [-0.15, -0.1) is 0 Å². The Hall–Kier alpha value is -1.49. The first-order valence-corrected chi connectivity index (χ1v) is 2.36. The molecule has 0 unspecified atom stereocenters. The highest BCUT2D eigenvalue weighted by molar-refractivity contribution is 5.69. The Morgan fingerprint density at radius 1 is 1.20 bits per heavy atom. The summed E-state index contributed by atoms with van der Waals surface area (Å²) < 4.78 is 0. The van der Waals surface area contributed by atoms with E-state index in [9.17, 15) is 0 Å². The van der Waals surface area contributed by atoms with E-state index in [1.165, 1.54) is 0 Å². The number of nitrogens with one attached hydrogen (secondary N) is 1. The molecule has 0 spiro atoms. The topological polar surface area (TPSA) is 120 Å². The van der Waals surface area contributed by atoms with Crippen LogP contribution in [0.15, 0.2) is 24.5 Å². The number of urea groups is 1. The first-order chi connectivity index (χ1) is 4.23. The molecular weight excluding hydrogens is 132 g/mol. The molecule has 0 aliphatic heterocycles. The molecule has 0 saturated heterocycles. The first-order valence-electron chi connectivity index (χ1n) is 2.36. The van der Waals surface area contributed by atoms with Gasteiger partial charge in [0, 0.05) is 12.4 Å². The Kier molecular flexibility index (Phi) is 8.51. The summed E-state index contributed by atoms with van der Waals surface area (Å²) in [5, 5.41) is 0. The number of H-pyrrole nitrogens is 1. The minimum atomic E-state index is -0.833. The van der Waals surface area contributed by atoms with Crippen molar-refractivity contribution in [1.82, 2.24) is 11.1 Å². The van der Waals surface area contributed by atoms with Crippen molar-refractivity contribution in [3.05, 3.63) is 24.5 Å². The average molecular weight is 144 g/mol. The van der Waals surface area contributed by atoms with Crippen LogP contribution in [-0.4, -0.2) is 11.0 Å². The van der Waals surface area contributed by atoms with Crippen molar-refractivity contribution in [2.24, 2.45) is 11.5 Å². The highest BCUT2D eigenvalue weighted by atomic mass is 16.2. The summed E-state index contributed by atoms with van der Waals surface area (Å²) in [4.78, 5) is 11.9. The van der Waals surface area contributed by atoms with Crippen LogP contribution >= 0.6 is 0 Å². The largest absolute Gasteiger partial charge is 0.368 e. The molecular formula is C5H12N4O. The molecule has 5 nitrogen and oxygen atoms in total. The fourth-order valence-electron chi connectivity index (χ4n) is 0.278. The molecule has 2 amide bonds. The third-order valence-electron chi connectivity index (χ3n) is 0.496. The average Bonchev–Trinajstić information content (AvgIpc) is 2.11. The van der Waals surface area contributed by atoms with Gasteiger partial charge in [-0.1, -0.05) is 0 Å². The van der Waals surface area contributed by atoms with Crippen LogP contribution in [0.25, 0.3) is 0 Å². The number of nitrogens with two attached hydrogens (primary N) is 2. The van der Waals surface area contributed by atoms with Crippen LogP contribution in [0.5, 0.6) is 0 Å². The second kappa shape index (κ2) is 7.51. The van der Waals surface area contributed by atoms with Gasteiger partial charge in [0.25, 0.3) is 0 Å². The van der Waals surface area contributed by atoms with Crippen molar-refractivity contribution in [3.8, 4) is 0 Å². The van der Waals surface area contributed by atoms with Crippen molar-refractivity contribution in [2.75, 3.05) is 0 Å². The number of amides is 2. The predicted molar refractivity (Wildman–Crippen MR) is 39.6 cm³/mol. The maximum atomic E-state index is 9.00. The van der Waals surface area contributed by atoms with Gasteiger partial charge < -0.3 is 22.6 Å². The van der Waals surface area contributed by atoms with Crippen LogP contribution < -0.4 is 17.6 Å². The lowest BCUT2D eigenvalue weighted by molar-refractivity contribution is 0.256. The summed E-state index contributed by atoms with van der Waals surface area (Å²) in [7, 11) is 0. The van der Waals surface area contributed by atoms with Crippen molar-refractivity contribution >= 4 is 6.03 Å². The van der Waals surface area contributed by atoms with Gasteiger partial charge in [0.05, 0.1) is 0 Å². The number of aromatic amines is 1. The molecule has 1 heterocycles. The third-order valence-corrected chi connectivity index (χ3v) is 0.496. The highest BCUT2D eigenvalue weighted by Crippen LogP contribution is 1.72. The summed E-state index contributed by atoms with van der Waals surface area (Å²) in [6, 6.07) is 3.06. The summed E-state index contributed by atoms with van der Waals surface area (Å²) >= 11 is 0. The molecule has 58 valence electrons. The normalized spacial score (nSPS) is 6.40. The Morgan fingerprint density at radius 2 is 1.50 bits per heavy atom. The quantitative estimate of drug-likeness (QED) is 0.416. The van der Waals surface area contributed by atoms with E-state index in [4.69, 9.17) is 4.79 Å². The smallest absolute Gasteiger partial charge is 0.309 e. The monoisotopic (exact) mass is 144 g/mol. The fraction of sp³-hybridized carbons (Fsp3) is 0. The van der Waals surface area contributed by atoms with Crippen LogP contribution in [0.1, 0.15) is 0 Å². The second-order valence-corrected chi connectivity index (χ2v) is 1.29. The van der Waals surface area contributed by atoms with E-state index in [1.807, 2.05) is 24.5 Å². The van der Waals surface area contributed by atoms with E-state index in [0.717, 1.165) is 0 Å². The third kappa shape index (κ3) is 16.0. The van der Waals surface area contributed by atoms with Crippen LogP contribution in [0.4, 0.5) is 4.79 Å². The lowest BCUT2D eigenvalue weighted by atomic mass is 10.7. The molecule has 0 aliphatic carbocycles. The number of carbonyl (C=O) groups is 1. The number of hydrogen-bond donors (Lipinski definition) is 4. The maximum absolute atomic E-state index is 9.00. The molecule has 0 saturated carbocycles. The summed E-state index contributed by atoms with van der Waals surface area (Å²) in [6.45, 7) is 0. The Bertz CT molecular complexity index is 127. The van der Waals surface area contributed by atoms with Gasteiger partial charge in [-0.25, -0.2) is 4.79 Å². The standard InChI is InChI=1S/C4H5N.CH4N2O.H3N/c1-2-4-5-3-1;2-1(3)4;/h1-5H;(H4,2,3,4);1H3. The van der Waals surface area contributed by atoms with Gasteiger partial charge in [-0.3, -0.25) is 0 Å². The lowest BCUT2D eigenvalue weighted by Crippen LogP contribution is -2.18. The number of hydrogen-bond acceptors (Lipinski definition) is 2. The van der Waals surface area contributed by atoms with Crippen molar-refractivity contribution < 1.29 is 4.79 Å². The van der Waals surface area contributed by atoms with Crippen LogP contribution in [0, 0.1) is 0 Å². The molecule has 1 rings (SSSR count). The van der Waals surface area contributed by atoms with Gasteiger partial charge in [0.15, 0.2) is 0 Å². The van der Waals surface area contributed by atoms with Gasteiger partial charge in [0.2, 0.25) is 0 Å². The van der Waals surface area contributed by atoms with E-state index in [1.54, 1.807) is 0 Å². The molecule has 0 radical (unpaired) electrons. The van der Waals surface area contributed by atoms with Crippen LogP contribution in [0.2, 0.25) is 0 Å². The summed E-state index contributed by atoms with van der Waals surface area (Å²) in [6.07, 6.45) is 3.75. The van der Waals surface area contributed by atoms with E-state index in [-0.39, 0.29) is 6.15 Å². The first kappa shape index (κ1) is 11.3. The van der Waals surface area contributed by atoms with E-state index in [2.05, 4.69) is 16.5 Å². The zero-order valence-electron chi connectivity index (χ0n) is 5.58. The molecule has 0 fully saturated rings. The zero-order valence-corrected chi connectivity index (χ0v) is 5.58. The zero-order chi connectivity index (χ0) is 7.11. The number of aromatic nitrogens is 1. The Labute approximate surface area is 59.0 Å². The number of rotatable bonds is 0. The molecule has 1 aromatic heterocycles. The molecule has 1 aromatic rings. The van der Waals surface area contributed by atoms with Crippen molar-refractivity contribution in [3.63, 3.8) is 0 Å². The van der Waals surface area contributed by atoms with Gasteiger partial charge in [-0.05, 0) is 12.1 Å². The lowest BCUT2D eigenvalue weighted by Gasteiger charge is -1.62.